The van der Waals surface area contributed by atoms with E-state index in [1.54, 1.807) is 6.20 Å². The molecule has 1 aromatic rings. The Hall–Kier alpha value is -0.0600. The molecule has 0 saturated carbocycles. The molecule has 1 rings (SSSR count). The standard InChI is InChI=1S/C10H14BrNOS/c1-8(5-13)6-14-7-9-2-10(11)4-12-3-9/h2-4,8,13H,5-7H2,1H3. The third-order valence-corrected chi connectivity index (χ3v) is 3.52. The van der Waals surface area contributed by atoms with Gasteiger partial charge in [-0.05, 0) is 39.2 Å². The zero-order chi connectivity index (χ0) is 10.4. The van der Waals surface area contributed by atoms with E-state index in [9.17, 15) is 0 Å². The lowest BCUT2D eigenvalue weighted by atomic mass is 10.2. The van der Waals surface area contributed by atoms with Gasteiger partial charge in [-0.25, -0.2) is 0 Å². The van der Waals surface area contributed by atoms with Crippen LogP contribution in [0.15, 0.2) is 22.9 Å². The molecule has 4 heteroatoms. The van der Waals surface area contributed by atoms with E-state index in [-0.39, 0.29) is 6.61 Å². The molecule has 0 fully saturated rings. The van der Waals surface area contributed by atoms with Gasteiger partial charge in [-0.2, -0.15) is 11.8 Å². The van der Waals surface area contributed by atoms with Crippen LogP contribution >= 0.6 is 27.7 Å². The van der Waals surface area contributed by atoms with E-state index in [1.807, 2.05) is 24.9 Å². The van der Waals surface area contributed by atoms with Crippen molar-refractivity contribution in [3.05, 3.63) is 28.5 Å². The summed E-state index contributed by atoms with van der Waals surface area (Å²) < 4.78 is 1.02. The van der Waals surface area contributed by atoms with Crippen LogP contribution in [0.25, 0.3) is 0 Å². The number of aliphatic hydroxyl groups is 1. The van der Waals surface area contributed by atoms with E-state index in [1.165, 1.54) is 5.56 Å². The van der Waals surface area contributed by atoms with Gasteiger partial charge in [-0.1, -0.05) is 6.92 Å². The number of halogens is 1. The molecule has 0 aliphatic carbocycles. The quantitative estimate of drug-likeness (QED) is 0.897. The highest BCUT2D eigenvalue weighted by Crippen LogP contribution is 2.17. The number of hydrogen-bond donors (Lipinski definition) is 1. The summed E-state index contributed by atoms with van der Waals surface area (Å²) in [6, 6.07) is 2.07. The second kappa shape index (κ2) is 6.43. The molecule has 0 aliphatic rings. The number of hydrogen-bond acceptors (Lipinski definition) is 3. The summed E-state index contributed by atoms with van der Waals surface area (Å²) in [5.74, 6) is 2.32. The van der Waals surface area contributed by atoms with Gasteiger partial charge in [0.1, 0.15) is 0 Å². The third-order valence-electron chi connectivity index (χ3n) is 1.74. The number of aromatic nitrogens is 1. The highest BCUT2D eigenvalue weighted by Gasteiger charge is 2.00. The number of pyridine rings is 1. The molecule has 0 amide bonds. The summed E-state index contributed by atoms with van der Waals surface area (Å²) in [5, 5.41) is 8.84. The number of aliphatic hydroxyl groups excluding tert-OH is 1. The normalized spacial score (nSPS) is 12.8. The number of rotatable bonds is 5. The molecule has 0 aromatic carbocycles. The fourth-order valence-electron chi connectivity index (χ4n) is 0.965. The Labute approximate surface area is 97.3 Å². The molecule has 1 aromatic heterocycles. The van der Waals surface area contributed by atoms with Gasteiger partial charge in [0.15, 0.2) is 0 Å². The lowest BCUT2D eigenvalue weighted by molar-refractivity contribution is 0.250. The summed E-state index contributed by atoms with van der Waals surface area (Å²) in [4.78, 5) is 4.09. The smallest absolute Gasteiger partial charge is 0.0464 e. The van der Waals surface area contributed by atoms with Crippen molar-refractivity contribution in [3.63, 3.8) is 0 Å². The molecule has 78 valence electrons. The second-order valence-corrected chi connectivity index (χ2v) is 5.26. The van der Waals surface area contributed by atoms with Crippen molar-refractivity contribution in [2.75, 3.05) is 12.4 Å². The van der Waals surface area contributed by atoms with Crippen LogP contribution in [0.4, 0.5) is 0 Å². The molecule has 2 nitrogen and oxygen atoms in total. The molecule has 0 radical (unpaired) electrons. The lowest BCUT2D eigenvalue weighted by Crippen LogP contribution is -2.03. The van der Waals surface area contributed by atoms with Crippen molar-refractivity contribution in [3.8, 4) is 0 Å². The van der Waals surface area contributed by atoms with Crippen LogP contribution in [0.3, 0.4) is 0 Å². The van der Waals surface area contributed by atoms with Crippen molar-refractivity contribution in [2.45, 2.75) is 12.7 Å². The third kappa shape index (κ3) is 4.44. The van der Waals surface area contributed by atoms with Crippen LogP contribution in [0.2, 0.25) is 0 Å². The topological polar surface area (TPSA) is 33.1 Å². The molecule has 0 aliphatic heterocycles. The first-order valence-corrected chi connectivity index (χ1v) is 6.45. The molecule has 1 N–H and O–H groups in total. The minimum atomic E-state index is 0.268. The minimum absolute atomic E-state index is 0.268. The highest BCUT2D eigenvalue weighted by molar-refractivity contribution is 9.10. The largest absolute Gasteiger partial charge is 0.396 e. The summed E-state index contributed by atoms with van der Waals surface area (Å²) in [6.07, 6.45) is 3.66. The van der Waals surface area contributed by atoms with Gasteiger partial charge in [-0.15, -0.1) is 0 Å². The van der Waals surface area contributed by atoms with Gasteiger partial charge in [-0.3, -0.25) is 4.98 Å². The minimum Gasteiger partial charge on any atom is -0.396 e. The van der Waals surface area contributed by atoms with Gasteiger partial charge in [0.05, 0.1) is 0 Å². The Balaban J connectivity index is 2.31. The van der Waals surface area contributed by atoms with Crippen molar-refractivity contribution >= 4 is 27.7 Å². The van der Waals surface area contributed by atoms with Crippen LogP contribution in [-0.4, -0.2) is 22.5 Å². The maximum absolute atomic E-state index is 8.84. The van der Waals surface area contributed by atoms with E-state index in [2.05, 4.69) is 27.0 Å². The van der Waals surface area contributed by atoms with Crippen molar-refractivity contribution in [1.82, 2.24) is 4.98 Å². The lowest BCUT2D eigenvalue weighted by Gasteiger charge is -2.06. The molecule has 0 spiro atoms. The summed E-state index contributed by atoms with van der Waals surface area (Å²) >= 11 is 5.21. The fraction of sp³-hybridized carbons (Fsp3) is 0.500. The van der Waals surface area contributed by atoms with E-state index >= 15 is 0 Å². The van der Waals surface area contributed by atoms with E-state index in [0.29, 0.717) is 5.92 Å². The highest BCUT2D eigenvalue weighted by atomic mass is 79.9. The summed E-state index contributed by atoms with van der Waals surface area (Å²) in [5.41, 5.74) is 1.22. The first kappa shape index (κ1) is 12.0. The van der Waals surface area contributed by atoms with Crippen molar-refractivity contribution < 1.29 is 5.11 Å². The Kier molecular flexibility index (Phi) is 5.52. The van der Waals surface area contributed by atoms with E-state index in [4.69, 9.17) is 5.11 Å². The Bertz CT molecular complexity index is 283. The maximum Gasteiger partial charge on any atom is 0.0464 e. The average molecular weight is 276 g/mol. The summed E-state index contributed by atoms with van der Waals surface area (Å²) in [7, 11) is 0. The predicted molar refractivity (Wildman–Crippen MR) is 64.3 cm³/mol. The fourth-order valence-corrected chi connectivity index (χ4v) is 2.40. The van der Waals surface area contributed by atoms with Crippen LogP contribution < -0.4 is 0 Å². The van der Waals surface area contributed by atoms with Crippen LogP contribution in [0, 0.1) is 5.92 Å². The monoisotopic (exact) mass is 275 g/mol. The molecule has 0 bridgehead atoms. The zero-order valence-corrected chi connectivity index (χ0v) is 10.5. The van der Waals surface area contributed by atoms with Crippen LogP contribution in [0.1, 0.15) is 12.5 Å². The molecular formula is C10H14BrNOS. The Morgan fingerprint density at radius 1 is 1.57 bits per heavy atom. The SMILES string of the molecule is CC(CO)CSCc1cncc(Br)c1. The molecule has 14 heavy (non-hydrogen) atoms. The molecule has 0 saturated heterocycles. The average Bonchev–Trinajstić information content (AvgIpc) is 2.17. The van der Waals surface area contributed by atoms with Gasteiger partial charge in [0, 0.05) is 29.2 Å². The van der Waals surface area contributed by atoms with Gasteiger partial charge < -0.3 is 5.11 Å². The zero-order valence-electron chi connectivity index (χ0n) is 8.11. The van der Waals surface area contributed by atoms with E-state index < -0.39 is 0 Å². The van der Waals surface area contributed by atoms with Crippen LogP contribution in [0.5, 0.6) is 0 Å². The first-order valence-electron chi connectivity index (χ1n) is 4.50. The van der Waals surface area contributed by atoms with Gasteiger partial charge in [0.2, 0.25) is 0 Å². The Morgan fingerprint density at radius 2 is 2.36 bits per heavy atom. The summed E-state index contributed by atoms with van der Waals surface area (Å²) in [6.45, 7) is 2.32. The second-order valence-electron chi connectivity index (χ2n) is 3.31. The number of nitrogens with zero attached hydrogens (tertiary/aromatic N) is 1. The van der Waals surface area contributed by atoms with E-state index in [0.717, 1.165) is 16.0 Å². The predicted octanol–water partition coefficient (Wildman–Crippen LogP) is 2.71. The van der Waals surface area contributed by atoms with Gasteiger partial charge in [0.25, 0.3) is 0 Å². The van der Waals surface area contributed by atoms with Gasteiger partial charge >= 0.3 is 0 Å². The molecule has 1 unspecified atom stereocenters. The van der Waals surface area contributed by atoms with Crippen LogP contribution in [-0.2, 0) is 5.75 Å². The van der Waals surface area contributed by atoms with Crippen molar-refractivity contribution in [2.24, 2.45) is 5.92 Å². The maximum atomic E-state index is 8.84. The first-order chi connectivity index (χ1) is 6.72. The molecular weight excluding hydrogens is 262 g/mol. The molecule has 1 atom stereocenters. The van der Waals surface area contributed by atoms with Crippen molar-refractivity contribution in [1.29, 1.82) is 0 Å². The Morgan fingerprint density at radius 3 is 3.00 bits per heavy atom. The molecule has 1 heterocycles. The number of thioether (sulfide) groups is 1.